The van der Waals surface area contributed by atoms with E-state index in [1.54, 1.807) is 0 Å². The van der Waals surface area contributed by atoms with Crippen LogP contribution in [0.5, 0.6) is 0 Å². The highest BCUT2D eigenvalue weighted by molar-refractivity contribution is 5.24. The highest BCUT2D eigenvalue weighted by atomic mass is 15.0. The second-order valence-electron chi connectivity index (χ2n) is 4.37. The Hall–Kier alpha value is -0.820. The molecule has 1 aliphatic carbocycles. The van der Waals surface area contributed by atoms with E-state index >= 15 is 0 Å². The molecule has 0 unspecified atom stereocenters. The van der Waals surface area contributed by atoms with Crippen LogP contribution in [0, 0.1) is 5.92 Å². The summed E-state index contributed by atoms with van der Waals surface area (Å²) in [6.07, 6.45) is 2.81. The Labute approximate surface area is 79.2 Å². The fourth-order valence-electron chi connectivity index (χ4n) is 2.92. The minimum absolute atomic E-state index is 0.771. The predicted octanol–water partition coefficient (Wildman–Crippen LogP) is 2.15. The summed E-state index contributed by atoms with van der Waals surface area (Å²) >= 11 is 0. The molecule has 2 aliphatic rings. The van der Waals surface area contributed by atoms with Crippen LogP contribution in [-0.2, 0) is 0 Å². The molecule has 1 aliphatic heterocycles. The summed E-state index contributed by atoms with van der Waals surface area (Å²) in [6.45, 7) is 1.26. The lowest BCUT2D eigenvalue weighted by Crippen LogP contribution is -2.31. The van der Waals surface area contributed by atoms with Gasteiger partial charge in [0.05, 0.1) is 0 Å². The number of fused-ring (bicyclic) bond motifs is 2. The SMILES string of the molecule is c1ccc([C@@H]2C[C@H]3CN[C@@H]2C3)cc1. The van der Waals surface area contributed by atoms with Crippen LogP contribution in [0.3, 0.4) is 0 Å². The second-order valence-corrected chi connectivity index (χ2v) is 4.37. The molecule has 13 heavy (non-hydrogen) atoms. The lowest BCUT2D eigenvalue weighted by atomic mass is 9.92. The monoisotopic (exact) mass is 173 g/mol. The van der Waals surface area contributed by atoms with Crippen LogP contribution in [0.25, 0.3) is 0 Å². The minimum Gasteiger partial charge on any atom is -0.313 e. The van der Waals surface area contributed by atoms with Crippen LogP contribution in [-0.4, -0.2) is 12.6 Å². The molecule has 68 valence electrons. The molecule has 1 nitrogen and oxygen atoms in total. The molecule has 0 amide bonds. The van der Waals surface area contributed by atoms with Gasteiger partial charge in [0.25, 0.3) is 0 Å². The first kappa shape index (κ1) is 7.57. The van der Waals surface area contributed by atoms with E-state index in [1.807, 2.05) is 0 Å². The molecule has 1 aromatic rings. The zero-order chi connectivity index (χ0) is 8.67. The van der Waals surface area contributed by atoms with Gasteiger partial charge in [0.2, 0.25) is 0 Å². The predicted molar refractivity (Wildman–Crippen MR) is 53.7 cm³/mol. The van der Waals surface area contributed by atoms with Crippen LogP contribution >= 0.6 is 0 Å². The first-order valence-corrected chi connectivity index (χ1v) is 5.22. The van der Waals surface area contributed by atoms with Crippen LogP contribution < -0.4 is 5.32 Å². The summed E-state index contributed by atoms with van der Waals surface area (Å²) < 4.78 is 0. The topological polar surface area (TPSA) is 12.0 Å². The van der Waals surface area contributed by atoms with Crippen molar-refractivity contribution in [3.05, 3.63) is 35.9 Å². The van der Waals surface area contributed by atoms with Gasteiger partial charge in [0, 0.05) is 6.04 Å². The summed E-state index contributed by atoms with van der Waals surface area (Å²) in [5, 5.41) is 3.60. The van der Waals surface area contributed by atoms with Crippen molar-refractivity contribution in [3.63, 3.8) is 0 Å². The number of piperidine rings is 1. The Morgan fingerprint density at radius 3 is 2.54 bits per heavy atom. The smallest absolute Gasteiger partial charge is 0.0139 e. The summed E-state index contributed by atoms with van der Waals surface area (Å²) in [6, 6.07) is 11.7. The van der Waals surface area contributed by atoms with Crippen molar-refractivity contribution in [3.8, 4) is 0 Å². The van der Waals surface area contributed by atoms with Crippen molar-refractivity contribution in [2.75, 3.05) is 6.54 Å². The van der Waals surface area contributed by atoms with Gasteiger partial charge in [0.1, 0.15) is 0 Å². The van der Waals surface area contributed by atoms with E-state index in [0.717, 1.165) is 17.9 Å². The average molecular weight is 173 g/mol. The number of benzene rings is 1. The highest BCUT2D eigenvalue weighted by Crippen LogP contribution is 2.41. The lowest BCUT2D eigenvalue weighted by molar-refractivity contribution is 0.448. The third kappa shape index (κ3) is 1.19. The van der Waals surface area contributed by atoms with Gasteiger partial charge in [-0.3, -0.25) is 0 Å². The first-order valence-electron chi connectivity index (χ1n) is 5.22. The molecule has 1 saturated heterocycles. The second kappa shape index (κ2) is 2.85. The maximum Gasteiger partial charge on any atom is 0.0139 e. The molecule has 1 N–H and O–H groups in total. The normalized spacial score (nSPS) is 36.8. The molecule has 3 rings (SSSR count). The Balaban J connectivity index is 1.87. The molecule has 1 heteroatoms. The maximum absolute atomic E-state index is 3.60. The van der Waals surface area contributed by atoms with E-state index in [-0.39, 0.29) is 0 Å². The molecule has 0 aromatic heterocycles. The molecule has 1 heterocycles. The molecule has 2 fully saturated rings. The summed E-state index contributed by atoms with van der Waals surface area (Å²) in [4.78, 5) is 0. The van der Waals surface area contributed by atoms with Crippen molar-refractivity contribution in [2.45, 2.75) is 24.8 Å². The van der Waals surface area contributed by atoms with Crippen LogP contribution in [0.4, 0.5) is 0 Å². The minimum atomic E-state index is 0.771. The quantitative estimate of drug-likeness (QED) is 0.686. The van der Waals surface area contributed by atoms with E-state index < -0.39 is 0 Å². The molecule has 0 spiro atoms. The van der Waals surface area contributed by atoms with E-state index in [2.05, 4.69) is 35.6 Å². The zero-order valence-electron chi connectivity index (χ0n) is 7.74. The zero-order valence-corrected chi connectivity index (χ0v) is 7.74. The van der Waals surface area contributed by atoms with Crippen molar-refractivity contribution >= 4 is 0 Å². The lowest BCUT2D eigenvalue weighted by Gasteiger charge is -2.22. The van der Waals surface area contributed by atoms with E-state index in [9.17, 15) is 0 Å². The summed E-state index contributed by atoms with van der Waals surface area (Å²) in [5.74, 6) is 1.75. The van der Waals surface area contributed by atoms with E-state index in [4.69, 9.17) is 0 Å². The molecule has 3 atom stereocenters. The van der Waals surface area contributed by atoms with Gasteiger partial charge >= 0.3 is 0 Å². The molecular formula is C12H15N. The first-order chi connectivity index (χ1) is 6.43. The van der Waals surface area contributed by atoms with Crippen LogP contribution in [0.15, 0.2) is 30.3 Å². The fourth-order valence-corrected chi connectivity index (χ4v) is 2.92. The largest absolute Gasteiger partial charge is 0.313 e. The maximum atomic E-state index is 3.60. The standard InChI is InChI=1S/C12H15N/c1-2-4-10(5-3-1)11-6-9-7-12(11)13-8-9/h1-5,9,11-13H,6-8H2/t9-,11+,12-/m1/s1. The third-order valence-corrected chi connectivity index (χ3v) is 3.56. The molecule has 1 aromatic carbocycles. The average Bonchev–Trinajstić information content (AvgIpc) is 2.80. The number of rotatable bonds is 1. The van der Waals surface area contributed by atoms with Crippen molar-refractivity contribution in [2.24, 2.45) is 5.92 Å². The number of nitrogens with one attached hydrogen (secondary N) is 1. The van der Waals surface area contributed by atoms with Crippen molar-refractivity contribution < 1.29 is 0 Å². The van der Waals surface area contributed by atoms with Crippen LogP contribution in [0.2, 0.25) is 0 Å². The van der Waals surface area contributed by atoms with Gasteiger partial charge in [-0.2, -0.15) is 0 Å². The third-order valence-electron chi connectivity index (χ3n) is 3.56. The Bertz CT molecular complexity index is 293. The molecule has 2 bridgehead atoms. The van der Waals surface area contributed by atoms with Gasteiger partial charge in [-0.15, -0.1) is 0 Å². The highest BCUT2D eigenvalue weighted by Gasteiger charge is 2.39. The van der Waals surface area contributed by atoms with Crippen molar-refractivity contribution in [1.82, 2.24) is 5.32 Å². The van der Waals surface area contributed by atoms with Crippen molar-refractivity contribution in [1.29, 1.82) is 0 Å². The fraction of sp³-hybridized carbons (Fsp3) is 0.500. The van der Waals surface area contributed by atoms with E-state index in [0.29, 0.717) is 0 Å². The summed E-state index contributed by atoms with van der Waals surface area (Å²) in [5.41, 5.74) is 1.53. The molecule has 1 saturated carbocycles. The van der Waals surface area contributed by atoms with Gasteiger partial charge in [-0.1, -0.05) is 30.3 Å². The van der Waals surface area contributed by atoms with Crippen LogP contribution in [0.1, 0.15) is 24.3 Å². The Kier molecular flexibility index (Phi) is 1.66. The van der Waals surface area contributed by atoms with Gasteiger partial charge < -0.3 is 5.32 Å². The Morgan fingerprint density at radius 1 is 1.08 bits per heavy atom. The molecular weight excluding hydrogens is 158 g/mol. The Morgan fingerprint density at radius 2 is 1.92 bits per heavy atom. The van der Waals surface area contributed by atoms with Gasteiger partial charge in [-0.05, 0) is 36.8 Å². The summed E-state index contributed by atoms with van der Waals surface area (Å²) in [7, 11) is 0. The number of hydrogen-bond donors (Lipinski definition) is 1. The molecule has 0 radical (unpaired) electrons. The number of hydrogen-bond acceptors (Lipinski definition) is 1. The van der Waals surface area contributed by atoms with Gasteiger partial charge in [-0.25, -0.2) is 0 Å². The van der Waals surface area contributed by atoms with E-state index in [1.165, 1.54) is 24.9 Å². The van der Waals surface area contributed by atoms with Gasteiger partial charge in [0.15, 0.2) is 0 Å².